The Morgan fingerprint density at radius 1 is 1.04 bits per heavy atom. The van der Waals surface area contributed by atoms with Crippen LogP contribution in [0.3, 0.4) is 0 Å². The van der Waals surface area contributed by atoms with Crippen molar-refractivity contribution in [3.8, 4) is 28.6 Å². The Bertz CT molecular complexity index is 1690. The number of alkyl halides is 3. The van der Waals surface area contributed by atoms with Crippen LogP contribution in [0.2, 0.25) is 0 Å². The first-order chi connectivity index (χ1) is 22.5. The number of nitrogens with zero attached hydrogens (tertiary/aromatic N) is 5. The second-order valence-corrected chi connectivity index (χ2v) is 12.5. The number of amides is 2. The molecule has 1 unspecified atom stereocenters. The van der Waals surface area contributed by atoms with Gasteiger partial charge in [0.1, 0.15) is 17.8 Å². The summed E-state index contributed by atoms with van der Waals surface area (Å²) < 4.78 is 48.2. The molecule has 9 nitrogen and oxygen atoms in total. The van der Waals surface area contributed by atoms with Gasteiger partial charge in [-0.15, -0.1) is 18.3 Å². The van der Waals surface area contributed by atoms with Crippen LogP contribution < -0.4 is 19.7 Å². The molecule has 1 saturated heterocycles. The van der Waals surface area contributed by atoms with Gasteiger partial charge in [-0.05, 0) is 66.1 Å². The predicted octanol–water partition coefficient (Wildman–Crippen LogP) is 8.17. The van der Waals surface area contributed by atoms with Gasteiger partial charge < -0.3 is 19.7 Å². The Labute approximate surface area is 276 Å². The number of benzene rings is 3. The van der Waals surface area contributed by atoms with Gasteiger partial charge >= 0.3 is 12.4 Å². The van der Waals surface area contributed by atoms with Gasteiger partial charge in [-0.1, -0.05) is 62.9 Å². The molecule has 248 valence electrons. The van der Waals surface area contributed by atoms with Crippen molar-refractivity contribution in [2.75, 3.05) is 30.9 Å². The van der Waals surface area contributed by atoms with Gasteiger partial charge in [-0.25, -0.2) is 14.5 Å². The summed E-state index contributed by atoms with van der Waals surface area (Å²) in [4.78, 5) is 23.6. The third kappa shape index (κ3) is 8.85. The van der Waals surface area contributed by atoms with E-state index in [-0.39, 0.29) is 17.7 Å². The number of aromatic nitrogens is 3. The van der Waals surface area contributed by atoms with E-state index in [4.69, 9.17) is 4.74 Å². The monoisotopic (exact) mass is 666 g/mol. The lowest BCUT2D eigenvalue weighted by Gasteiger charge is -2.23. The van der Waals surface area contributed by atoms with Gasteiger partial charge in [0.15, 0.2) is 11.0 Å². The number of hydrogen-bond acceptors (Lipinski definition) is 6. The fourth-order valence-corrected chi connectivity index (χ4v) is 6.22. The fraction of sp³-hybridized carbons (Fsp3) is 0.353. The molecule has 3 aromatic carbocycles. The molecule has 2 heterocycles. The minimum Gasteiger partial charge on any atom is -0.497 e. The SMILES string of the molecule is COc1ccc(C(C)C)c(N2CCSC2=NC(=O)NCCCC(C)c2ccc(-c3ncn(-c4ccc(OC(F)(F)F)cc4)n3)cc2)c1. The van der Waals surface area contributed by atoms with Crippen molar-refractivity contribution in [2.24, 2.45) is 4.99 Å². The Kier molecular flexibility index (Phi) is 10.7. The van der Waals surface area contributed by atoms with Crippen molar-refractivity contribution in [1.29, 1.82) is 0 Å². The number of urea groups is 1. The predicted molar refractivity (Wildman–Crippen MR) is 179 cm³/mol. The number of halogens is 3. The van der Waals surface area contributed by atoms with Crippen LogP contribution in [0, 0.1) is 0 Å². The zero-order valence-electron chi connectivity index (χ0n) is 26.6. The minimum absolute atomic E-state index is 0.263. The van der Waals surface area contributed by atoms with Crippen LogP contribution >= 0.6 is 11.8 Å². The van der Waals surface area contributed by atoms with E-state index in [1.165, 1.54) is 40.8 Å². The van der Waals surface area contributed by atoms with Crippen LogP contribution in [0.15, 0.2) is 78.0 Å². The molecule has 0 spiro atoms. The summed E-state index contributed by atoms with van der Waals surface area (Å²) in [6, 6.07) is 19.1. The number of anilines is 1. The molecule has 0 saturated carbocycles. The first-order valence-corrected chi connectivity index (χ1v) is 16.3. The number of rotatable bonds is 11. The third-order valence-electron chi connectivity index (χ3n) is 7.78. The lowest BCUT2D eigenvalue weighted by molar-refractivity contribution is -0.274. The number of aliphatic imine (C=N–C) groups is 1. The second kappa shape index (κ2) is 14.9. The molecule has 1 aliphatic rings. The minimum atomic E-state index is -4.74. The maximum absolute atomic E-state index is 12.7. The number of ether oxygens (including phenoxy) is 2. The number of amidine groups is 1. The normalized spacial score (nSPS) is 14.9. The summed E-state index contributed by atoms with van der Waals surface area (Å²) in [6.45, 7) is 7.73. The van der Waals surface area contributed by atoms with Crippen LogP contribution in [0.25, 0.3) is 17.1 Å². The van der Waals surface area contributed by atoms with Crippen LogP contribution in [-0.2, 0) is 0 Å². The molecule has 0 radical (unpaired) electrons. The maximum Gasteiger partial charge on any atom is 0.573 e. The molecule has 2 amide bonds. The molecule has 1 aromatic heterocycles. The number of hydrogen-bond donors (Lipinski definition) is 1. The number of carbonyl (C=O) groups excluding carboxylic acids is 1. The summed E-state index contributed by atoms with van der Waals surface area (Å²) >= 11 is 1.58. The molecule has 1 aliphatic heterocycles. The molecular weight excluding hydrogens is 629 g/mol. The second-order valence-electron chi connectivity index (χ2n) is 11.4. The topological polar surface area (TPSA) is 93.9 Å². The van der Waals surface area contributed by atoms with E-state index in [9.17, 15) is 18.0 Å². The molecule has 4 aromatic rings. The highest BCUT2D eigenvalue weighted by atomic mass is 32.2. The molecule has 13 heteroatoms. The lowest BCUT2D eigenvalue weighted by atomic mass is 9.95. The molecule has 1 fully saturated rings. The third-order valence-corrected chi connectivity index (χ3v) is 8.74. The Morgan fingerprint density at radius 2 is 1.77 bits per heavy atom. The zero-order chi connectivity index (χ0) is 33.6. The summed E-state index contributed by atoms with van der Waals surface area (Å²) in [5.41, 5.74) is 4.72. The maximum atomic E-state index is 12.7. The van der Waals surface area contributed by atoms with E-state index in [1.54, 1.807) is 18.9 Å². The van der Waals surface area contributed by atoms with Crippen molar-refractivity contribution < 1.29 is 27.4 Å². The van der Waals surface area contributed by atoms with Gasteiger partial charge in [-0.3, -0.25) is 0 Å². The molecule has 0 bridgehead atoms. The van der Waals surface area contributed by atoms with Crippen LogP contribution in [0.4, 0.5) is 23.7 Å². The highest BCUT2D eigenvalue weighted by Crippen LogP contribution is 2.35. The van der Waals surface area contributed by atoms with Gasteiger partial charge in [0.2, 0.25) is 0 Å². The Hall–Kier alpha value is -4.52. The van der Waals surface area contributed by atoms with Crippen molar-refractivity contribution in [3.05, 3.63) is 84.2 Å². The lowest BCUT2D eigenvalue weighted by Crippen LogP contribution is -2.29. The van der Waals surface area contributed by atoms with Gasteiger partial charge in [0.05, 0.1) is 12.8 Å². The van der Waals surface area contributed by atoms with Gasteiger partial charge in [-0.2, -0.15) is 4.99 Å². The number of methoxy groups -OCH3 is 1. The van der Waals surface area contributed by atoms with Crippen molar-refractivity contribution in [3.63, 3.8) is 0 Å². The number of carbonyl (C=O) groups is 1. The number of thioether (sulfide) groups is 1. The van der Waals surface area contributed by atoms with E-state index in [0.717, 1.165) is 47.7 Å². The van der Waals surface area contributed by atoms with Crippen molar-refractivity contribution in [1.82, 2.24) is 20.1 Å². The Morgan fingerprint density at radius 3 is 2.45 bits per heavy atom. The smallest absolute Gasteiger partial charge is 0.497 e. The van der Waals surface area contributed by atoms with E-state index in [1.807, 2.05) is 36.4 Å². The summed E-state index contributed by atoms with van der Waals surface area (Å²) in [5, 5.41) is 8.10. The van der Waals surface area contributed by atoms with Crippen LogP contribution in [-0.4, -0.2) is 58.3 Å². The first-order valence-electron chi connectivity index (χ1n) is 15.3. The fourth-order valence-electron chi connectivity index (χ4n) is 5.27. The van der Waals surface area contributed by atoms with E-state index >= 15 is 0 Å². The quantitative estimate of drug-likeness (QED) is 0.162. The molecule has 0 aliphatic carbocycles. The standard InChI is InChI=1S/C34H37F3N6O3S/c1-22(2)29-16-15-28(45-4)20-30(29)42-18-19-47-33(42)40-32(44)38-17-5-6-23(3)24-7-9-25(10-8-24)31-39-21-43(41-31)26-11-13-27(14-12-26)46-34(35,36)37/h7-16,20-23H,5-6,17-19H2,1-4H3,(H,38,44). The Balaban J connectivity index is 1.11. The summed E-state index contributed by atoms with van der Waals surface area (Å²) in [5.74, 6) is 2.39. The van der Waals surface area contributed by atoms with E-state index in [0.29, 0.717) is 29.1 Å². The molecular formula is C34H37F3N6O3S. The van der Waals surface area contributed by atoms with Crippen LogP contribution in [0.1, 0.15) is 56.6 Å². The highest BCUT2D eigenvalue weighted by Gasteiger charge is 2.31. The molecule has 47 heavy (non-hydrogen) atoms. The average Bonchev–Trinajstić information content (AvgIpc) is 3.73. The first kappa shape index (κ1) is 33.8. The van der Waals surface area contributed by atoms with Gasteiger partial charge in [0, 0.05) is 36.2 Å². The average molecular weight is 667 g/mol. The van der Waals surface area contributed by atoms with Crippen molar-refractivity contribution >= 4 is 28.6 Å². The number of nitrogens with one attached hydrogen (secondary N) is 1. The molecule has 5 rings (SSSR count). The summed E-state index contributed by atoms with van der Waals surface area (Å²) in [6.07, 6.45) is -1.57. The largest absolute Gasteiger partial charge is 0.573 e. The molecule has 1 atom stereocenters. The van der Waals surface area contributed by atoms with Gasteiger partial charge in [0.25, 0.3) is 0 Å². The van der Waals surface area contributed by atoms with E-state index in [2.05, 4.69) is 56.9 Å². The zero-order valence-corrected chi connectivity index (χ0v) is 27.4. The highest BCUT2D eigenvalue weighted by molar-refractivity contribution is 8.14. The van der Waals surface area contributed by atoms with E-state index < -0.39 is 6.36 Å². The van der Waals surface area contributed by atoms with Crippen molar-refractivity contribution in [2.45, 2.75) is 51.8 Å². The molecule has 1 N–H and O–H groups in total. The summed E-state index contributed by atoms with van der Waals surface area (Å²) in [7, 11) is 1.65. The van der Waals surface area contributed by atoms with Crippen LogP contribution in [0.5, 0.6) is 11.5 Å².